The Morgan fingerprint density at radius 2 is 1.38 bits per heavy atom. The van der Waals surface area contributed by atoms with Crippen molar-refractivity contribution in [2.45, 2.75) is 39.0 Å². The fourth-order valence-electron chi connectivity index (χ4n) is 1.13. The maximum atomic E-state index is 3.60. The lowest BCUT2D eigenvalue weighted by molar-refractivity contribution is 0.816. The Morgan fingerprint density at radius 1 is 0.938 bits per heavy atom. The molecule has 0 atom stereocenters. The van der Waals surface area contributed by atoms with Crippen LogP contribution >= 0.6 is 0 Å². The van der Waals surface area contributed by atoms with Crippen LogP contribution in [0.2, 0.25) is 0 Å². The van der Waals surface area contributed by atoms with Crippen LogP contribution < -0.4 is 0 Å². The topological polar surface area (TPSA) is 0 Å². The van der Waals surface area contributed by atoms with Crippen molar-refractivity contribution in [1.82, 2.24) is 0 Å². The van der Waals surface area contributed by atoms with E-state index in [0.29, 0.717) is 0 Å². The predicted molar refractivity (Wildman–Crippen MR) is 75.5 cm³/mol. The standard InChI is InChI=1S/C6H12.2C5H6/c1-3-5-6-4-2;2*1-2-4-5-3-1/h3H,1,4-6H2,2H3;2*1-4H,5H2. The lowest BCUT2D eigenvalue weighted by Gasteiger charge is -1.81. The van der Waals surface area contributed by atoms with Crippen LogP contribution in [0.5, 0.6) is 0 Å². The van der Waals surface area contributed by atoms with E-state index in [2.05, 4.69) is 62.1 Å². The van der Waals surface area contributed by atoms with Crippen molar-refractivity contribution in [2.75, 3.05) is 0 Å². The Morgan fingerprint density at radius 3 is 1.50 bits per heavy atom. The Balaban J connectivity index is 0.000000211. The average Bonchev–Trinajstić information content (AvgIpc) is 3.00. The van der Waals surface area contributed by atoms with Gasteiger partial charge in [-0.3, -0.25) is 0 Å². The lowest BCUT2D eigenvalue weighted by atomic mass is 10.3. The van der Waals surface area contributed by atoms with Gasteiger partial charge in [0.2, 0.25) is 0 Å². The third kappa shape index (κ3) is 12.7. The zero-order valence-electron chi connectivity index (χ0n) is 10.4. The lowest BCUT2D eigenvalue weighted by Crippen LogP contribution is -1.61. The minimum absolute atomic E-state index is 1.14. The number of hydrogen-bond donors (Lipinski definition) is 0. The van der Waals surface area contributed by atoms with E-state index in [9.17, 15) is 0 Å². The van der Waals surface area contributed by atoms with Crippen molar-refractivity contribution in [3.63, 3.8) is 0 Å². The molecule has 0 saturated heterocycles. The average molecular weight is 216 g/mol. The van der Waals surface area contributed by atoms with Crippen LogP contribution in [0.1, 0.15) is 39.0 Å². The number of unbranched alkanes of at least 4 members (excludes halogenated alkanes) is 2. The van der Waals surface area contributed by atoms with Crippen molar-refractivity contribution in [3.8, 4) is 0 Å². The van der Waals surface area contributed by atoms with E-state index >= 15 is 0 Å². The minimum atomic E-state index is 1.14. The summed E-state index contributed by atoms with van der Waals surface area (Å²) in [6.07, 6.45) is 24.7. The summed E-state index contributed by atoms with van der Waals surface area (Å²) in [5.74, 6) is 0. The van der Waals surface area contributed by atoms with Crippen LogP contribution in [0.3, 0.4) is 0 Å². The van der Waals surface area contributed by atoms with Gasteiger partial charge in [-0.2, -0.15) is 0 Å². The molecule has 2 aliphatic carbocycles. The number of rotatable bonds is 3. The Hall–Kier alpha value is -1.30. The van der Waals surface area contributed by atoms with E-state index in [0.717, 1.165) is 12.8 Å². The molecule has 0 N–H and O–H groups in total. The van der Waals surface area contributed by atoms with Crippen LogP contribution in [0.25, 0.3) is 0 Å². The number of hydrogen-bond acceptors (Lipinski definition) is 0. The molecule has 88 valence electrons. The van der Waals surface area contributed by atoms with E-state index in [4.69, 9.17) is 0 Å². The van der Waals surface area contributed by atoms with Crippen molar-refractivity contribution in [2.24, 2.45) is 0 Å². The van der Waals surface area contributed by atoms with E-state index in [1.165, 1.54) is 19.3 Å². The molecule has 0 saturated carbocycles. The van der Waals surface area contributed by atoms with Crippen LogP contribution in [-0.2, 0) is 0 Å². The third-order valence-corrected chi connectivity index (χ3v) is 2.07. The molecular weight excluding hydrogens is 192 g/mol. The molecule has 0 nitrogen and oxygen atoms in total. The van der Waals surface area contributed by atoms with Gasteiger partial charge in [-0.1, -0.05) is 74.4 Å². The maximum Gasteiger partial charge on any atom is -0.0163 e. The molecule has 0 bridgehead atoms. The zero-order valence-corrected chi connectivity index (χ0v) is 10.4. The molecule has 0 aromatic heterocycles. The van der Waals surface area contributed by atoms with Crippen molar-refractivity contribution in [1.29, 1.82) is 0 Å². The quantitative estimate of drug-likeness (QED) is 0.439. The first-order chi connectivity index (χ1) is 7.91. The molecule has 0 aromatic carbocycles. The zero-order chi connectivity index (χ0) is 11.9. The molecule has 0 unspecified atom stereocenters. The normalized spacial score (nSPS) is 14.1. The van der Waals surface area contributed by atoms with Gasteiger partial charge in [0.25, 0.3) is 0 Å². The molecule has 0 radical (unpaired) electrons. The number of allylic oxidation sites excluding steroid dienone is 9. The van der Waals surface area contributed by atoms with Gasteiger partial charge in [-0.05, 0) is 19.3 Å². The van der Waals surface area contributed by atoms with E-state index in [1.807, 2.05) is 6.08 Å². The highest BCUT2D eigenvalue weighted by atomic mass is 13.8. The summed E-state index contributed by atoms with van der Waals surface area (Å²) in [7, 11) is 0. The fourth-order valence-corrected chi connectivity index (χ4v) is 1.13. The maximum absolute atomic E-state index is 3.60. The summed E-state index contributed by atoms with van der Waals surface area (Å²) >= 11 is 0. The van der Waals surface area contributed by atoms with Crippen molar-refractivity contribution < 1.29 is 0 Å². The molecule has 0 heterocycles. The highest BCUT2D eigenvalue weighted by Gasteiger charge is 1.72. The summed E-state index contributed by atoms with van der Waals surface area (Å²) in [5.41, 5.74) is 0. The van der Waals surface area contributed by atoms with Gasteiger partial charge in [0, 0.05) is 0 Å². The first-order valence-electron chi connectivity index (χ1n) is 6.16. The third-order valence-electron chi connectivity index (χ3n) is 2.07. The van der Waals surface area contributed by atoms with Crippen LogP contribution in [0.15, 0.2) is 61.3 Å². The Kier molecular flexibility index (Phi) is 12.6. The molecule has 0 aliphatic heterocycles. The smallest absolute Gasteiger partial charge is 0.0163 e. The Labute approximate surface area is 101 Å². The summed E-state index contributed by atoms with van der Waals surface area (Å²) in [5, 5.41) is 0. The highest BCUT2D eigenvalue weighted by molar-refractivity contribution is 5.12. The van der Waals surface area contributed by atoms with Crippen LogP contribution in [0, 0.1) is 0 Å². The van der Waals surface area contributed by atoms with Gasteiger partial charge < -0.3 is 0 Å². The molecule has 2 rings (SSSR count). The van der Waals surface area contributed by atoms with Crippen molar-refractivity contribution >= 4 is 0 Å². The Bertz CT molecular complexity index is 209. The molecular formula is C16H24. The minimum Gasteiger partial charge on any atom is -0.103 e. The van der Waals surface area contributed by atoms with E-state index < -0.39 is 0 Å². The molecule has 2 aliphatic rings. The first-order valence-corrected chi connectivity index (χ1v) is 6.16. The summed E-state index contributed by atoms with van der Waals surface area (Å²) in [4.78, 5) is 0. The fraction of sp³-hybridized carbons (Fsp3) is 0.375. The summed E-state index contributed by atoms with van der Waals surface area (Å²) < 4.78 is 0. The van der Waals surface area contributed by atoms with Gasteiger partial charge in [0.1, 0.15) is 0 Å². The second-order valence-electron chi connectivity index (χ2n) is 3.61. The molecule has 0 aromatic rings. The molecule has 0 spiro atoms. The monoisotopic (exact) mass is 216 g/mol. The molecule has 0 heteroatoms. The van der Waals surface area contributed by atoms with Gasteiger partial charge in [-0.25, -0.2) is 0 Å². The van der Waals surface area contributed by atoms with E-state index in [-0.39, 0.29) is 0 Å². The van der Waals surface area contributed by atoms with Gasteiger partial charge in [-0.15, -0.1) is 6.58 Å². The van der Waals surface area contributed by atoms with Crippen molar-refractivity contribution in [3.05, 3.63) is 61.3 Å². The summed E-state index contributed by atoms with van der Waals surface area (Å²) in [6, 6.07) is 0. The summed E-state index contributed by atoms with van der Waals surface area (Å²) in [6.45, 7) is 5.78. The van der Waals surface area contributed by atoms with E-state index in [1.54, 1.807) is 0 Å². The van der Waals surface area contributed by atoms with Crippen LogP contribution in [-0.4, -0.2) is 0 Å². The molecule has 0 amide bonds. The SMILES string of the molecule is C1=CCC=C1.C1=CCC=C1.C=CCCCC. The molecule has 16 heavy (non-hydrogen) atoms. The van der Waals surface area contributed by atoms with Gasteiger partial charge >= 0.3 is 0 Å². The predicted octanol–water partition coefficient (Wildman–Crippen LogP) is 5.37. The first kappa shape index (κ1) is 14.7. The van der Waals surface area contributed by atoms with Gasteiger partial charge in [0.15, 0.2) is 0 Å². The van der Waals surface area contributed by atoms with Crippen LogP contribution in [0.4, 0.5) is 0 Å². The second-order valence-corrected chi connectivity index (χ2v) is 3.61. The molecule has 0 fully saturated rings. The largest absolute Gasteiger partial charge is 0.103 e. The second kappa shape index (κ2) is 13.7. The highest BCUT2D eigenvalue weighted by Crippen LogP contribution is 1.93. The van der Waals surface area contributed by atoms with Gasteiger partial charge in [0.05, 0.1) is 0 Å².